The van der Waals surface area contributed by atoms with Crippen LogP contribution in [0, 0.1) is 24.0 Å². The number of nitrogens with one attached hydrogen (secondary N) is 2. The number of hydrogen-bond acceptors (Lipinski definition) is 6. The molecule has 0 saturated heterocycles. The molecular formula is C11H13N5O4S. The van der Waals surface area contributed by atoms with Gasteiger partial charge in [0.1, 0.15) is 12.2 Å². The molecule has 112 valence electrons. The van der Waals surface area contributed by atoms with E-state index < -0.39 is 20.6 Å². The molecular weight excluding hydrogens is 298 g/mol. The molecule has 1 aromatic carbocycles. The van der Waals surface area contributed by atoms with E-state index in [1.54, 1.807) is 13.8 Å². The van der Waals surface area contributed by atoms with E-state index in [1.807, 2.05) is 0 Å². The summed E-state index contributed by atoms with van der Waals surface area (Å²) in [5, 5.41) is 17.1. The Labute approximate surface area is 120 Å². The van der Waals surface area contributed by atoms with Gasteiger partial charge in [-0.05, 0) is 31.0 Å². The number of aromatic amines is 1. The van der Waals surface area contributed by atoms with E-state index in [4.69, 9.17) is 0 Å². The van der Waals surface area contributed by atoms with Crippen LogP contribution in [0.2, 0.25) is 0 Å². The van der Waals surface area contributed by atoms with Crippen LogP contribution in [-0.4, -0.2) is 28.5 Å². The van der Waals surface area contributed by atoms with Crippen LogP contribution in [0.15, 0.2) is 23.4 Å². The number of aryl methyl sites for hydroxylation is 2. The number of benzene rings is 1. The summed E-state index contributed by atoms with van der Waals surface area (Å²) >= 11 is 0. The highest BCUT2D eigenvalue weighted by Crippen LogP contribution is 2.27. The maximum absolute atomic E-state index is 12.2. The first-order valence-corrected chi connectivity index (χ1v) is 7.39. The van der Waals surface area contributed by atoms with Crippen molar-refractivity contribution < 1.29 is 13.3 Å². The maximum Gasteiger partial charge on any atom is 0.289 e. The summed E-state index contributed by atoms with van der Waals surface area (Å²) in [6.45, 7) is 3.24. The zero-order chi connectivity index (χ0) is 15.6. The molecule has 0 amide bonds. The van der Waals surface area contributed by atoms with Crippen molar-refractivity contribution in [2.24, 2.45) is 0 Å². The van der Waals surface area contributed by atoms with Gasteiger partial charge in [0.2, 0.25) is 10.0 Å². The molecule has 0 radical (unpaired) electrons. The second-order valence-corrected chi connectivity index (χ2v) is 6.15. The summed E-state index contributed by atoms with van der Waals surface area (Å²) in [6.07, 6.45) is 1.24. The van der Waals surface area contributed by atoms with E-state index in [9.17, 15) is 18.5 Å². The van der Waals surface area contributed by atoms with E-state index in [0.717, 1.165) is 0 Å². The van der Waals surface area contributed by atoms with Gasteiger partial charge >= 0.3 is 0 Å². The highest BCUT2D eigenvalue weighted by atomic mass is 32.2. The van der Waals surface area contributed by atoms with Gasteiger partial charge in [-0.25, -0.2) is 18.1 Å². The molecule has 0 aliphatic rings. The zero-order valence-corrected chi connectivity index (χ0v) is 12.1. The van der Waals surface area contributed by atoms with Crippen LogP contribution in [-0.2, 0) is 16.6 Å². The summed E-state index contributed by atoms with van der Waals surface area (Å²) in [7, 11) is -4.03. The lowest BCUT2D eigenvalue weighted by molar-refractivity contribution is -0.387. The van der Waals surface area contributed by atoms with Crippen molar-refractivity contribution in [3.05, 3.63) is 45.5 Å². The maximum atomic E-state index is 12.2. The van der Waals surface area contributed by atoms with Crippen LogP contribution in [0.25, 0.3) is 0 Å². The number of hydrogen-bond donors (Lipinski definition) is 2. The van der Waals surface area contributed by atoms with Crippen molar-refractivity contribution >= 4 is 15.7 Å². The highest BCUT2D eigenvalue weighted by molar-refractivity contribution is 7.89. The molecule has 1 heterocycles. The minimum Gasteiger partial charge on any atom is -0.262 e. The Balaban J connectivity index is 2.39. The quantitative estimate of drug-likeness (QED) is 0.620. The first kappa shape index (κ1) is 15.1. The second-order valence-electron chi connectivity index (χ2n) is 4.42. The Bertz CT molecular complexity index is 770. The Hall–Kier alpha value is -2.33. The van der Waals surface area contributed by atoms with Crippen molar-refractivity contribution in [3.8, 4) is 0 Å². The predicted octanol–water partition coefficient (Wildman–Crippen LogP) is 0.808. The Morgan fingerprint density at radius 1 is 1.33 bits per heavy atom. The number of nitro groups is 1. The van der Waals surface area contributed by atoms with Gasteiger partial charge in [0.05, 0.1) is 11.5 Å². The molecule has 0 aliphatic heterocycles. The average Bonchev–Trinajstić information content (AvgIpc) is 2.92. The highest BCUT2D eigenvalue weighted by Gasteiger charge is 2.26. The molecule has 9 nitrogen and oxygen atoms in total. The third kappa shape index (κ3) is 3.23. The van der Waals surface area contributed by atoms with Crippen molar-refractivity contribution in [1.82, 2.24) is 19.9 Å². The lowest BCUT2D eigenvalue weighted by Crippen LogP contribution is -2.25. The monoisotopic (exact) mass is 311 g/mol. The molecule has 2 aromatic rings. The van der Waals surface area contributed by atoms with Crippen molar-refractivity contribution in [2.45, 2.75) is 25.3 Å². The summed E-state index contributed by atoms with van der Waals surface area (Å²) in [6, 6.07) is 2.54. The Morgan fingerprint density at radius 2 is 2.00 bits per heavy atom. The summed E-state index contributed by atoms with van der Waals surface area (Å²) in [5.41, 5.74) is 0.847. The van der Waals surface area contributed by atoms with E-state index in [1.165, 1.54) is 18.5 Å². The molecule has 0 unspecified atom stereocenters. The van der Waals surface area contributed by atoms with E-state index in [-0.39, 0.29) is 11.4 Å². The lowest BCUT2D eigenvalue weighted by Gasteiger charge is -2.08. The first-order chi connectivity index (χ1) is 9.81. The zero-order valence-electron chi connectivity index (χ0n) is 11.3. The van der Waals surface area contributed by atoms with E-state index >= 15 is 0 Å². The minimum absolute atomic E-state index is 0.133. The van der Waals surface area contributed by atoms with Crippen molar-refractivity contribution in [1.29, 1.82) is 0 Å². The van der Waals surface area contributed by atoms with Crippen LogP contribution >= 0.6 is 0 Å². The summed E-state index contributed by atoms with van der Waals surface area (Å²) in [5.74, 6) is 0.310. The molecule has 0 spiro atoms. The van der Waals surface area contributed by atoms with Gasteiger partial charge < -0.3 is 0 Å². The van der Waals surface area contributed by atoms with Gasteiger partial charge in [-0.15, -0.1) is 0 Å². The standard InChI is InChI=1S/C11H13N5O4S/c1-7-3-9(16(17)18)10(4-8(7)2)21(19,20)14-5-11-12-6-13-15-11/h3-4,6,14H,5H2,1-2H3,(H,12,13,15). The number of nitrogens with zero attached hydrogens (tertiary/aromatic N) is 3. The molecule has 0 aliphatic carbocycles. The number of aromatic nitrogens is 3. The average molecular weight is 311 g/mol. The molecule has 1 aromatic heterocycles. The van der Waals surface area contributed by atoms with Crippen LogP contribution in [0.4, 0.5) is 5.69 Å². The van der Waals surface area contributed by atoms with E-state index in [2.05, 4.69) is 19.9 Å². The molecule has 0 fully saturated rings. The minimum atomic E-state index is -4.03. The predicted molar refractivity (Wildman–Crippen MR) is 73.0 cm³/mol. The van der Waals surface area contributed by atoms with Crippen LogP contribution in [0.5, 0.6) is 0 Å². The van der Waals surface area contributed by atoms with Gasteiger partial charge in [0.25, 0.3) is 5.69 Å². The van der Waals surface area contributed by atoms with Gasteiger partial charge in [0, 0.05) is 6.07 Å². The smallest absolute Gasteiger partial charge is 0.262 e. The summed E-state index contributed by atoms with van der Waals surface area (Å²) < 4.78 is 26.7. The summed E-state index contributed by atoms with van der Waals surface area (Å²) in [4.78, 5) is 13.7. The molecule has 0 atom stereocenters. The van der Waals surface area contributed by atoms with E-state index in [0.29, 0.717) is 17.0 Å². The van der Waals surface area contributed by atoms with Gasteiger partial charge in [-0.3, -0.25) is 15.2 Å². The molecule has 0 bridgehead atoms. The fourth-order valence-corrected chi connectivity index (χ4v) is 2.91. The second kappa shape index (κ2) is 5.58. The molecule has 10 heteroatoms. The van der Waals surface area contributed by atoms with Crippen LogP contribution in [0.1, 0.15) is 17.0 Å². The number of rotatable bonds is 5. The fraction of sp³-hybridized carbons (Fsp3) is 0.273. The SMILES string of the molecule is Cc1cc([N+](=O)[O-])c(S(=O)(=O)NCc2ncn[nH]2)cc1C. The van der Waals surface area contributed by atoms with Crippen LogP contribution < -0.4 is 4.72 Å². The topological polar surface area (TPSA) is 131 Å². The van der Waals surface area contributed by atoms with Gasteiger partial charge in [-0.2, -0.15) is 5.10 Å². The van der Waals surface area contributed by atoms with Gasteiger partial charge in [-0.1, -0.05) is 0 Å². The van der Waals surface area contributed by atoms with Crippen molar-refractivity contribution in [3.63, 3.8) is 0 Å². The Morgan fingerprint density at radius 3 is 2.57 bits per heavy atom. The van der Waals surface area contributed by atoms with Crippen molar-refractivity contribution in [2.75, 3.05) is 0 Å². The largest absolute Gasteiger partial charge is 0.289 e. The third-order valence-corrected chi connectivity index (χ3v) is 4.39. The lowest BCUT2D eigenvalue weighted by atomic mass is 10.1. The molecule has 21 heavy (non-hydrogen) atoms. The fourth-order valence-electron chi connectivity index (χ4n) is 1.69. The van der Waals surface area contributed by atoms with Gasteiger partial charge in [0.15, 0.2) is 4.90 Å². The number of sulfonamides is 1. The number of nitro benzene ring substituents is 1. The molecule has 0 saturated carbocycles. The Kier molecular flexibility index (Phi) is 4.00. The normalized spacial score (nSPS) is 11.5. The third-order valence-electron chi connectivity index (χ3n) is 2.96. The molecule has 2 rings (SSSR count). The first-order valence-electron chi connectivity index (χ1n) is 5.91. The number of H-pyrrole nitrogens is 1. The van der Waals surface area contributed by atoms with Crippen LogP contribution in [0.3, 0.4) is 0 Å². The molecule has 2 N–H and O–H groups in total.